The van der Waals surface area contributed by atoms with Gasteiger partial charge in [0.2, 0.25) is 0 Å². The highest BCUT2D eigenvalue weighted by Crippen LogP contribution is 2.42. The molecule has 5 heteroatoms. The van der Waals surface area contributed by atoms with Crippen LogP contribution in [0.25, 0.3) is 0 Å². The number of carboxylic acids is 1. The highest BCUT2D eigenvalue weighted by atomic mass is 16.5. The van der Waals surface area contributed by atoms with Crippen LogP contribution in [0.5, 0.6) is 11.5 Å². The third-order valence-corrected chi connectivity index (χ3v) is 5.29. The van der Waals surface area contributed by atoms with E-state index in [1.54, 1.807) is 14.2 Å². The third-order valence-electron chi connectivity index (χ3n) is 5.29. The summed E-state index contributed by atoms with van der Waals surface area (Å²) < 4.78 is 10.9. The van der Waals surface area contributed by atoms with E-state index in [0.717, 1.165) is 24.6 Å². The molecule has 0 spiro atoms. The molecule has 1 aromatic rings. The van der Waals surface area contributed by atoms with Crippen LogP contribution < -0.4 is 9.47 Å². The second-order valence-electron chi connectivity index (χ2n) is 6.65. The fourth-order valence-electron chi connectivity index (χ4n) is 3.84. The molecule has 5 nitrogen and oxygen atoms in total. The van der Waals surface area contributed by atoms with Crippen molar-refractivity contribution >= 4 is 5.97 Å². The van der Waals surface area contributed by atoms with Crippen LogP contribution in [0.3, 0.4) is 0 Å². The van der Waals surface area contributed by atoms with Gasteiger partial charge in [0.05, 0.1) is 20.1 Å². The van der Waals surface area contributed by atoms with Gasteiger partial charge in [-0.2, -0.15) is 0 Å². The Morgan fingerprint density at radius 3 is 2.61 bits per heavy atom. The molecular weight excluding hydrogens is 294 g/mol. The van der Waals surface area contributed by atoms with Crippen molar-refractivity contribution in [2.24, 2.45) is 11.8 Å². The van der Waals surface area contributed by atoms with Gasteiger partial charge in [0.1, 0.15) is 0 Å². The van der Waals surface area contributed by atoms with E-state index in [1.165, 1.54) is 19.3 Å². The highest BCUT2D eigenvalue weighted by Gasteiger charge is 2.41. The summed E-state index contributed by atoms with van der Waals surface area (Å²) in [6.45, 7) is 2.42. The molecule has 2 aliphatic rings. The number of aliphatic carboxylic acids is 1. The lowest BCUT2D eigenvalue weighted by atomic mass is 9.85. The molecule has 1 aliphatic heterocycles. The van der Waals surface area contributed by atoms with Crippen molar-refractivity contribution in [3.63, 3.8) is 0 Å². The number of methoxy groups -OCH3 is 2. The van der Waals surface area contributed by atoms with Gasteiger partial charge in [-0.25, -0.2) is 0 Å². The lowest BCUT2D eigenvalue weighted by molar-refractivity contribution is -0.141. The Bertz CT molecular complexity index is 570. The molecule has 1 aromatic carbocycles. The maximum atomic E-state index is 11.8. The van der Waals surface area contributed by atoms with E-state index in [4.69, 9.17) is 9.47 Å². The summed E-state index contributed by atoms with van der Waals surface area (Å²) in [7, 11) is 3.21. The fraction of sp³-hybridized carbons (Fsp3) is 0.611. The van der Waals surface area contributed by atoms with E-state index < -0.39 is 11.9 Å². The molecule has 1 aliphatic carbocycles. The van der Waals surface area contributed by atoms with Gasteiger partial charge in [-0.05, 0) is 24.8 Å². The Morgan fingerprint density at radius 1 is 1.26 bits per heavy atom. The number of benzene rings is 1. The standard InChI is InChI=1S/C18H25NO4/c1-22-16-8-4-7-13(17(16)23-2)14-10-19(9-12-5-3-6-12)11-15(14)18(20)21/h4,7-8,12,14-15H,3,5-6,9-11H2,1-2H3,(H,20,21)/t14-,15+/m0/s1. The minimum absolute atomic E-state index is 0.0578. The predicted molar refractivity (Wildman–Crippen MR) is 87.2 cm³/mol. The lowest BCUT2D eigenvalue weighted by Crippen LogP contribution is -2.31. The van der Waals surface area contributed by atoms with Gasteiger partial charge >= 0.3 is 5.97 Å². The minimum Gasteiger partial charge on any atom is -0.493 e. The molecule has 0 unspecified atom stereocenters. The van der Waals surface area contributed by atoms with E-state index in [9.17, 15) is 9.90 Å². The number of para-hydroxylation sites is 1. The highest BCUT2D eigenvalue weighted by molar-refractivity contribution is 5.73. The summed E-state index contributed by atoms with van der Waals surface area (Å²) in [6, 6.07) is 5.72. The van der Waals surface area contributed by atoms with Gasteiger partial charge in [0.25, 0.3) is 0 Å². The second kappa shape index (κ2) is 6.79. The van der Waals surface area contributed by atoms with E-state index >= 15 is 0 Å². The summed E-state index contributed by atoms with van der Waals surface area (Å²) in [4.78, 5) is 14.1. The summed E-state index contributed by atoms with van der Waals surface area (Å²) in [5.41, 5.74) is 0.940. The molecule has 3 rings (SSSR count). The number of ether oxygens (including phenoxy) is 2. The van der Waals surface area contributed by atoms with Crippen molar-refractivity contribution in [3.05, 3.63) is 23.8 Å². The summed E-state index contributed by atoms with van der Waals surface area (Å²) in [6.07, 6.45) is 3.87. The Balaban J connectivity index is 1.85. The zero-order valence-electron chi connectivity index (χ0n) is 13.8. The molecule has 0 aromatic heterocycles. The number of hydrogen-bond acceptors (Lipinski definition) is 4. The van der Waals surface area contributed by atoms with E-state index in [-0.39, 0.29) is 5.92 Å². The molecule has 1 saturated carbocycles. The molecule has 126 valence electrons. The van der Waals surface area contributed by atoms with Crippen LogP contribution >= 0.6 is 0 Å². The molecule has 23 heavy (non-hydrogen) atoms. The maximum absolute atomic E-state index is 11.8. The van der Waals surface area contributed by atoms with Crippen LogP contribution in [-0.4, -0.2) is 49.8 Å². The molecule has 2 atom stereocenters. The predicted octanol–water partition coefficient (Wildman–Crippen LogP) is 2.60. The molecule has 1 saturated heterocycles. The van der Waals surface area contributed by atoms with Crippen LogP contribution in [0, 0.1) is 11.8 Å². The zero-order valence-corrected chi connectivity index (χ0v) is 13.8. The van der Waals surface area contributed by atoms with Crippen molar-refractivity contribution in [2.45, 2.75) is 25.2 Å². The number of rotatable bonds is 6. The number of carbonyl (C=O) groups is 1. The van der Waals surface area contributed by atoms with Gasteiger partial charge in [-0.3, -0.25) is 4.79 Å². The largest absolute Gasteiger partial charge is 0.493 e. The van der Waals surface area contributed by atoms with E-state index in [1.807, 2.05) is 18.2 Å². The van der Waals surface area contributed by atoms with Gasteiger partial charge in [-0.1, -0.05) is 18.6 Å². The van der Waals surface area contributed by atoms with Gasteiger partial charge in [-0.15, -0.1) is 0 Å². The van der Waals surface area contributed by atoms with Gasteiger partial charge in [0.15, 0.2) is 11.5 Å². The summed E-state index contributed by atoms with van der Waals surface area (Å²) in [5.74, 6) is 0.892. The van der Waals surface area contributed by atoms with Crippen LogP contribution in [-0.2, 0) is 4.79 Å². The van der Waals surface area contributed by atoms with E-state index in [2.05, 4.69) is 4.90 Å². The molecule has 0 amide bonds. The first-order valence-electron chi connectivity index (χ1n) is 8.30. The maximum Gasteiger partial charge on any atom is 0.308 e. The molecule has 0 bridgehead atoms. The SMILES string of the molecule is COc1cccc([C@@H]2CN(CC3CCC3)C[C@H]2C(=O)O)c1OC. The van der Waals surface area contributed by atoms with Crippen LogP contribution in [0.2, 0.25) is 0 Å². The number of carboxylic acid groups (broad SMARTS) is 1. The van der Waals surface area contributed by atoms with Crippen LogP contribution in [0.15, 0.2) is 18.2 Å². The van der Waals surface area contributed by atoms with Crippen LogP contribution in [0.4, 0.5) is 0 Å². The Hall–Kier alpha value is -1.75. The second-order valence-corrected chi connectivity index (χ2v) is 6.65. The Labute approximate surface area is 137 Å². The van der Waals surface area contributed by atoms with Crippen molar-refractivity contribution in [1.29, 1.82) is 0 Å². The molecular formula is C18H25NO4. The summed E-state index contributed by atoms with van der Waals surface area (Å²) >= 11 is 0. The molecule has 0 radical (unpaired) electrons. The van der Waals surface area contributed by atoms with Crippen molar-refractivity contribution in [1.82, 2.24) is 4.90 Å². The number of likely N-dealkylation sites (tertiary alicyclic amines) is 1. The average Bonchev–Trinajstić information content (AvgIpc) is 2.94. The van der Waals surface area contributed by atoms with E-state index in [0.29, 0.717) is 18.0 Å². The topological polar surface area (TPSA) is 59.0 Å². The fourth-order valence-corrected chi connectivity index (χ4v) is 3.84. The summed E-state index contributed by atoms with van der Waals surface area (Å²) in [5, 5.41) is 9.66. The third kappa shape index (κ3) is 3.15. The average molecular weight is 319 g/mol. The molecule has 1 N–H and O–H groups in total. The molecule has 2 fully saturated rings. The quantitative estimate of drug-likeness (QED) is 0.873. The minimum atomic E-state index is -0.726. The van der Waals surface area contributed by atoms with Gasteiger partial charge in [0, 0.05) is 31.1 Å². The van der Waals surface area contributed by atoms with Gasteiger partial charge < -0.3 is 19.5 Å². The van der Waals surface area contributed by atoms with Crippen molar-refractivity contribution in [2.75, 3.05) is 33.9 Å². The first-order valence-corrected chi connectivity index (χ1v) is 8.30. The lowest BCUT2D eigenvalue weighted by Gasteiger charge is -2.30. The Morgan fingerprint density at radius 2 is 2.04 bits per heavy atom. The zero-order chi connectivity index (χ0) is 16.4. The number of nitrogens with zero attached hydrogens (tertiary/aromatic N) is 1. The van der Waals surface area contributed by atoms with Crippen molar-refractivity contribution in [3.8, 4) is 11.5 Å². The monoisotopic (exact) mass is 319 g/mol. The molecule has 1 heterocycles. The normalized spacial score (nSPS) is 25.1. The van der Waals surface area contributed by atoms with Crippen molar-refractivity contribution < 1.29 is 19.4 Å². The first-order chi connectivity index (χ1) is 11.1. The van der Waals surface area contributed by atoms with Crippen LogP contribution in [0.1, 0.15) is 30.7 Å². The number of hydrogen-bond donors (Lipinski definition) is 1. The first kappa shape index (κ1) is 16.1. The smallest absolute Gasteiger partial charge is 0.308 e. The Kier molecular flexibility index (Phi) is 4.76.